The van der Waals surface area contributed by atoms with Gasteiger partial charge in [0.1, 0.15) is 9.96 Å². The molecule has 10 heteroatoms. The van der Waals surface area contributed by atoms with Gasteiger partial charge >= 0.3 is 0 Å². The Hall–Kier alpha value is -2.95. The highest BCUT2D eigenvalue weighted by Crippen LogP contribution is 2.37. The number of thiophene rings is 1. The van der Waals surface area contributed by atoms with Crippen molar-refractivity contribution in [3.8, 4) is 5.75 Å². The van der Waals surface area contributed by atoms with E-state index in [1.165, 1.54) is 11.3 Å². The molecule has 2 atom stereocenters. The van der Waals surface area contributed by atoms with Crippen LogP contribution in [-0.2, 0) is 21.4 Å². The van der Waals surface area contributed by atoms with Crippen molar-refractivity contribution in [2.45, 2.75) is 62.9 Å². The molecule has 0 saturated heterocycles. The van der Waals surface area contributed by atoms with Crippen molar-refractivity contribution in [3.05, 3.63) is 94.0 Å². The van der Waals surface area contributed by atoms with Crippen LogP contribution in [0.15, 0.2) is 70.9 Å². The zero-order chi connectivity index (χ0) is 30.6. The molecule has 43 heavy (non-hydrogen) atoms. The third kappa shape index (κ3) is 7.77. The Morgan fingerprint density at radius 3 is 2.65 bits per heavy atom. The normalized spacial score (nSPS) is 15.7. The molecule has 1 aliphatic heterocycles. The van der Waals surface area contributed by atoms with Gasteiger partial charge in [-0.1, -0.05) is 67.9 Å². The lowest BCUT2D eigenvalue weighted by Gasteiger charge is -2.28. The maximum absolute atomic E-state index is 13.7. The van der Waals surface area contributed by atoms with Crippen LogP contribution in [0.1, 0.15) is 67.4 Å². The summed E-state index contributed by atoms with van der Waals surface area (Å²) < 4.78 is 37.2. The van der Waals surface area contributed by atoms with Gasteiger partial charge in [-0.05, 0) is 72.1 Å². The van der Waals surface area contributed by atoms with E-state index >= 15 is 0 Å². The van der Waals surface area contributed by atoms with E-state index in [0.29, 0.717) is 35.1 Å². The van der Waals surface area contributed by atoms with Crippen LogP contribution < -0.4 is 20.1 Å². The average Bonchev–Trinajstić information content (AvgIpc) is 3.31. The maximum Gasteiger partial charge on any atom is 0.250 e. The number of fused-ring (bicyclic) bond motifs is 2. The van der Waals surface area contributed by atoms with Gasteiger partial charge in [-0.15, -0.1) is 11.3 Å². The van der Waals surface area contributed by atoms with Gasteiger partial charge < -0.3 is 15.4 Å². The van der Waals surface area contributed by atoms with Gasteiger partial charge in [0.2, 0.25) is 5.91 Å². The number of aryl methyl sites for hydroxylation is 1. The molecule has 0 radical (unpaired) electrons. The standard InChI is InChI=1S/C33H38ClN3O4S2/c1-21(2)13-15-35-20-23-9-11-26-28(14-16-41-30(26)17-23)36-32(38)19-29(24-7-5-4-6-8-24)37-43(39,40)33-22(3)27-18-25(34)10-12-31(27)42-33/h4-12,17-18,21,28-29,35,37H,13-16,19-20H2,1-3H3,(H,36,38). The van der Waals surface area contributed by atoms with E-state index in [9.17, 15) is 13.2 Å². The smallest absolute Gasteiger partial charge is 0.250 e. The minimum atomic E-state index is -3.94. The number of halogens is 1. The molecule has 0 fully saturated rings. The van der Waals surface area contributed by atoms with Crippen molar-refractivity contribution in [2.75, 3.05) is 13.2 Å². The number of carbonyl (C=O) groups is 1. The van der Waals surface area contributed by atoms with Crippen LogP contribution in [0.25, 0.3) is 10.1 Å². The van der Waals surface area contributed by atoms with Crippen LogP contribution in [0.2, 0.25) is 5.02 Å². The molecule has 1 aromatic heterocycles. The lowest BCUT2D eigenvalue weighted by molar-refractivity contribution is -0.122. The van der Waals surface area contributed by atoms with E-state index in [4.69, 9.17) is 16.3 Å². The Labute approximate surface area is 263 Å². The van der Waals surface area contributed by atoms with Crippen LogP contribution in [0.5, 0.6) is 5.75 Å². The first-order chi connectivity index (χ1) is 20.6. The van der Waals surface area contributed by atoms with Crippen LogP contribution >= 0.6 is 22.9 Å². The number of hydrogen-bond donors (Lipinski definition) is 3. The quantitative estimate of drug-likeness (QED) is 0.144. The number of amides is 1. The number of sulfonamides is 1. The first-order valence-corrected chi connectivity index (χ1v) is 17.3. The predicted molar refractivity (Wildman–Crippen MR) is 174 cm³/mol. The second-order valence-electron chi connectivity index (χ2n) is 11.4. The molecule has 3 aromatic carbocycles. The zero-order valence-electron chi connectivity index (χ0n) is 24.7. The first kappa shape index (κ1) is 31.5. The van der Waals surface area contributed by atoms with Crippen molar-refractivity contribution in [2.24, 2.45) is 5.92 Å². The van der Waals surface area contributed by atoms with Gasteiger partial charge in [0, 0.05) is 34.7 Å². The third-order valence-corrected chi connectivity index (χ3v) is 11.3. The summed E-state index contributed by atoms with van der Waals surface area (Å²) in [6.07, 6.45) is 1.70. The van der Waals surface area contributed by atoms with Crippen molar-refractivity contribution in [1.29, 1.82) is 0 Å². The van der Waals surface area contributed by atoms with E-state index in [-0.39, 0.29) is 22.6 Å². The Balaban J connectivity index is 1.31. The van der Waals surface area contributed by atoms with E-state index in [2.05, 4.69) is 35.3 Å². The summed E-state index contributed by atoms with van der Waals surface area (Å²) in [6, 6.07) is 19.7. The first-order valence-electron chi connectivity index (χ1n) is 14.6. The third-order valence-electron chi connectivity index (χ3n) is 7.67. The fraction of sp³-hybridized carbons (Fsp3) is 0.364. The van der Waals surface area contributed by atoms with Crippen LogP contribution in [0, 0.1) is 12.8 Å². The SMILES string of the molecule is Cc1c(S(=O)(=O)NC(CC(=O)NC2CCOc3cc(CNCCC(C)C)ccc32)c2ccccc2)sc2ccc(Cl)cc12. The molecule has 3 N–H and O–H groups in total. The molecule has 0 aliphatic carbocycles. The fourth-order valence-corrected chi connectivity index (χ4v) is 8.50. The molecule has 0 bridgehead atoms. The van der Waals surface area contributed by atoms with Crippen LogP contribution in [-0.4, -0.2) is 27.5 Å². The molecule has 5 rings (SSSR count). The van der Waals surface area contributed by atoms with Gasteiger partial charge in [0.15, 0.2) is 0 Å². The molecule has 4 aromatic rings. The topological polar surface area (TPSA) is 96.5 Å². The second kappa shape index (κ2) is 13.8. The maximum atomic E-state index is 13.7. The molecule has 2 heterocycles. The number of nitrogens with one attached hydrogen (secondary N) is 3. The van der Waals surface area contributed by atoms with Gasteiger partial charge in [-0.25, -0.2) is 13.1 Å². The molecular formula is C33H38ClN3O4S2. The Kier molecular flexibility index (Phi) is 10.1. The minimum Gasteiger partial charge on any atom is -0.493 e. The van der Waals surface area contributed by atoms with Crippen molar-refractivity contribution in [3.63, 3.8) is 0 Å². The van der Waals surface area contributed by atoms with Gasteiger partial charge in [-0.3, -0.25) is 4.79 Å². The van der Waals surface area contributed by atoms with Crippen LogP contribution in [0.4, 0.5) is 0 Å². The van der Waals surface area contributed by atoms with Gasteiger partial charge in [0.25, 0.3) is 10.0 Å². The summed E-state index contributed by atoms with van der Waals surface area (Å²) in [6.45, 7) is 8.41. The number of carbonyl (C=O) groups excluding carboxylic acids is 1. The van der Waals surface area contributed by atoms with Gasteiger partial charge in [0.05, 0.1) is 18.7 Å². The Morgan fingerprint density at radius 1 is 1.09 bits per heavy atom. The highest BCUT2D eigenvalue weighted by atomic mass is 35.5. The molecule has 1 aliphatic rings. The summed E-state index contributed by atoms with van der Waals surface area (Å²) in [7, 11) is -3.94. The largest absolute Gasteiger partial charge is 0.493 e. The Bertz CT molecular complexity index is 1690. The van der Waals surface area contributed by atoms with Gasteiger partial charge in [-0.2, -0.15) is 0 Å². The predicted octanol–water partition coefficient (Wildman–Crippen LogP) is 7.05. The molecule has 2 unspecified atom stereocenters. The zero-order valence-corrected chi connectivity index (χ0v) is 27.0. The summed E-state index contributed by atoms with van der Waals surface area (Å²) in [5, 5.41) is 7.97. The summed E-state index contributed by atoms with van der Waals surface area (Å²) in [5.41, 5.74) is 3.42. The number of rotatable bonds is 12. The highest BCUT2D eigenvalue weighted by molar-refractivity contribution is 7.91. The molecule has 0 spiro atoms. The molecule has 1 amide bonds. The van der Waals surface area contributed by atoms with Crippen molar-refractivity contribution < 1.29 is 17.9 Å². The molecule has 228 valence electrons. The average molecular weight is 640 g/mol. The summed E-state index contributed by atoms with van der Waals surface area (Å²) in [5.74, 6) is 1.19. The lowest BCUT2D eigenvalue weighted by atomic mass is 9.98. The monoisotopic (exact) mass is 639 g/mol. The summed E-state index contributed by atoms with van der Waals surface area (Å²) >= 11 is 7.37. The fourth-order valence-electron chi connectivity index (χ4n) is 5.34. The second-order valence-corrected chi connectivity index (χ2v) is 14.8. The number of benzene rings is 3. The molecule has 0 saturated carbocycles. The highest BCUT2D eigenvalue weighted by Gasteiger charge is 2.29. The van der Waals surface area contributed by atoms with Crippen molar-refractivity contribution >= 4 is 49.0 Å². The Morgan fingerprint density at radius 2 is 1.88 bits per heavy atom. The molecular weight excluding hydrogens is 602 g/mol. The van der Waals surface area contributed by atoms with E-state index in [1.807, 2.05) is 48.5 Å². The number of ether oxygens (including phenoxy) is 1. The minimum absolute atomic E-state index is 0.0520. The van der Waals surface area contributed by atoms with E-state index < -0.39 is 16.1 Å². The van der Waals surface area contributed by atoms with E-state index in [1.54, 1.807) is 19.1 Å². The summed E-state index contributed by atoms with van der Waals surface area (Å²) in [4.78, 5) is 13.5. The van der Waals surface area contributed by atoms with E-state index in [0.717, 1.165) is 46.5 Å². The van der Waals surface area contributed by atoms with Crippen molar-refractivity contribution in [1.82, 2.24) is 15.4 Å². The number of hydrogen-bond acceptors (Lipinski definition) is 6. The van der Waals surface area contributed by atoms with Crippen LogP contribution in [0.3, 0.4) is 0 Å². The molecule has 7 nitrogen and oxygen atoms in total. The lowest BCUT2D eigenvalue weighted by Crippen LogP contribution is -2.36.